The molecule has 1 saturated heterocycles. The lowest BCUT2D eigenvalue weighted by Gasteiger charge is -2.40. The molecule has 0 radical (unpaired) electrons. The van der Waals surface area contributed by atoms with Crippen LogP contribution in [0.15, 0.2) is 42.6 Å². The van der Waals surface area contributed by atoms with Gasteiger partial charge in [0.15, 0.2) is 5.82 Å². The van der Waals surface area contributed by atoms with Crippen LogP contribution in [0, 0.1) is 0 Å². The number of nitrogens with zero attached hydrogens (tertiary/aromatic N) is 3. The maximum atomic E-state index is 12.0. The number of carbonyl (C=O) groups excluding carboxylic acids is 2. The molecule has 3 heterocycles. The first kappa shape index (κ1) is 21.6. The number of rotatable bonds is 7. The van der Waals surface area contributed by atoms with Gasteiger partial charge < -0.3 is 35.9 Å². The van der Waals surface area contributed by atoms with Crippen molar-refractivity contribution in [2.45, 2.75) is 25.9 Å². The number of amides is 1. The summed E-state index contributed by atoms with van der Waals surface area (Å²) in [6.45, 7) is 6.07. The van der Waals surface area contributed by atoms with Crippen molar-refractivity contribution in [3.8, 4) is 0 Å². The second kappa shape index (κ2) is 9.27. The lowest BCUT2D eigenvalue weighted by atomic mass is 10.1. The highest BCUT2D eigenvalue weighted by atomic mass is 16.1. The van der Waals surface area contributed by atoms with E-state index in [-0.39, 0.29) is 24.5 Å². The molecule has 1 fully saturated rings. The Hall–Kier alpha value is -3.59. The molecule has 3 aromatic rings. The van der Waals surface area contributed by atoms with Crippen molar-refractivity contribution in [3.63, 3.8) is 0 Å². The summed E-state index contributed by atoms with van der Waals surface area (Å²) in [7, 11) is 0. The number of aromatic amines is 1. The summed E-state index contributed by atoms with van der Waals surface area (Å²) in [6, 6.07) is 11.5. The number of benzene rings is 1. The van der Waals surface area contributed by atoms with Gasteiger partial charge in [-0.05, 0) is 50.2 Å². The van der Waals surface area contributed by atoms with Crippen molar-refractivity contribution in [2.75, 3.05) is 46.6 Å². The van der Waals surface area contributed by atoms with Gasteiger partial charge in [0.1, 0.15) is 18.1 Å². The quantitative estimate of drug-likeness (QED) is 0.420. The summed E-state index contributed by atoms with van der Waals surface area (Å²) < 4.78 is 0. The molecule has 2 aromatic heterocycles. The van der Waals surface area contributed by atoms with Gasteiger partial charge in [0.2, 0.25) is 5.91 Å². The third-order valence-corrected chi connectivity index (χ3v) is 5.49. The number of hydrogen-bond acceptors (Lipinski definition) is 7. The van der Waals surface area contributed by atoms with Gasteiger partial charge in [-0.2, -0.15) is 0 Å². The average Bonchev–Trinajstić information content (AvgIpc) is 3.21. The van der Waals surface area contributed by atoms with E-state index >= 15 is 0 Å². The van der Waals surface area contributed by atoms with E-state index in [1.807, 2.05) is 36.4 Å². The minimum atomic E-state index is -0.317. The normalized spacial score (nSPS) is 16.4. The standard InChI is InChI=1S/C23H29N7O2/c1-15(2)26-20-4-3-7-25-23(20)29-8-9-30(18(13-29)14-31)21-11-16-10-17(27-22(32)12-24)5-6-19(16)28-21/h3-7,10-11,14-15,18,26,28H,8-9,12-13,24H2,1-2H3,(H,27,32). The summed E-state index contributed by atoms with van der Waals surface area (Å²) in [5, 5.41) is 7.16. The van der Waals surface area contributed by atoms with Gasteiger partial charge in [-0.3, -0.25) is 4.79 Å². The van der Waals surface area contributed by atoms with E-state index in [1.165, 1.54) is 0 Å². The number of aromatic nitrogens is 2. The monoisotopic (exact) mass is 435 g/mol. The fourth-order valence-corrected chi connectivity index (χ4v) is 4.05. The number of aldehydes is 1. The maximum Gasteiger partial charge on any atom is 0.238 e. The first-order chi connectivity index (χ1) is 15.5. The van der Waals surface area contributed by atoms with Gasteiger partial charge >= 0.3 is 0 Å². The third-order valence-electron chi connectivity index (χ3n) is 5.49. The van der Waals surface area contributed by atoms with Gasteiger partial charge in [0, 0.05) is 48.5 Å². The number of nitrogens with two attached hydrogens (primary N) is 1. The topological polar surface area (TPSA) is 119 Å². The Morgan fingerprint density at radius 1 is 1.31 bits per heavy atom. The number of pyridine rings is 1. The number of fused-ring (bicyclic) bond motifs is 1. The van der Waals surface area contributed by atoms with E-state index in [0.29, 0.717) is 18.8 Å². The Kier molecular flexibility index (Phi) is 6.27. The van der Waals surface area contributed by atoms with Gasteiger partial charge in [0.05, 0.1) is 12.2 Å². The number of anilines is 4. The molecule has 1 aliphatic rings. The first-order valence-corrected chi connectivity index (χ1v) is 10.8. The second-order valence-electron chi connectivity index (χ2n) is 8.23. The van der Waals surface area contributed by atoms with E-state index in [9.17, 15) is 9.59 Å². The summed E-state index contributed by atoms with van der Waals surface area (Å²) in [5.74, 6) is 1.50. The van der Waals surface area contributed by atoms with Crippen LogP contribution >= 0.6 is 0 Å². The Morgan fingerprint density at radius 2 is 2.16 bits per heavy atom. The molecule has 0 spiro atoms. The van der Waals surface area contributed by atoms with E-state index in [0.717, 1.165) is 41.1 Å². The Bertz CT molecular complexity index is 1110. The van der Waals surface area contributed by atoms with Crippen LogP contribution in [0.2, 0.25) is 0 Å². The fourth-order valence-electron chi connectivity index (χ4n) is 4.05. The zero-order chi connectivity index (χ0) is 22.7. The number of H-pyrrole nitrogens is 1. The minimum absolute atomic E-state index is 0.0631. The van der Waals surface area contributed by atoms with Gasteiger partial charge in [-0.1, -0.05) is 0 Å². The average molecular weight is 436 g/mol. The zero-order valence-electron chi connectivity index (χ0n) is 18.3. The van der Waals surface area contributed by atoms with E-state index in [4.69, 9.17) is 5.73 Å². The molecular formula is C23H29N7O2. The smallest absolute Gasteiger partial charge is 0.238 e. The Morgan fingerprint density at radius 3 is 2.91 bits per heavy atom. The lowest BCUT2D eigenvalue weighted by Crippen LogP contribution is -2.54. The van der Waals surface area contributed by atoms with Gasteiger partial charge in [-0.25, -0.2) is 4.98 Å². The van der Waals surface area contributed by atoms with Crippen LogP contribution in [-0.2, 0) is 9.59 Å². The van der Waals surface area contributed by atoms with Crippen molar-refractivity contribution in [3.05, 3.63) is 42.6 Å². The molecule has 0 saturated carbocycles. The van der Waals surface area contributed by atoms with Crippen LogP contribution in [0.4, 0.5) is 23.0 Å². The molecule has 0 aliphatic carbocycles. The molecular weight excluding hydrogens is 406 g/mol. The molecule has 0 bridgehead atoms. The van der Waals surface area contributed by atoms with Crippen LogP contribution in [0.5, 0.6) is 0 Å². The van der Waals surface area contributed by atoms with Gasteiger partial charge in [-0.15, -0.1) is 0 Å². The predicted molar refractivity (Wildman–Crippen MR) is 128 cm³/mol. The third kappa shape index (κ3) is 4.52. The van der Waals surface area contributed by atoms with E-state index in [1.54, 1.807) is 6.20 Å². The lowest BCUT2D eigenvalue weighted by molar-refractivity contribution is -0.115. The largest absolute Gasteiger partial charge is 0.380 e. The first-order valence-electron chi connectivity index (χ1n) is 10.8. The van der Waals surface area contributed by atoms with E-state index in [2.05, 4.69) is 44.2 Å². The van der Waals surface area contributed by atoms with E-state index < -0.39 is 0 Å². The number of nitrogens with one attached hydrogen (secondary N) is 3. The van der Waals surface area contributed by atoms with Crippen molar-refractivity contribution < 1.29 is 9.59 Å². The molecule has 9 nitrogen and oxygen atoms in total. The molecule has 1 atom stereocenters. The highest BCUT2D eigenvalue weighted by molar-refractivity contribution is 5.95. The van der Waals surface area contributed by atoms with Crippen LogP contribution in [0.25, 0.3) is 10.9 Å². The molecule has 1 aliphatic heterocycles. The molecule has 9 heteroatoms. The predicted octanol–water partition coefficient (Wildman–Crippen LogP) is 2.17. The number of hydrogen-bond donors (Lipinski definition) is 4. The Labute approximate surface area is 187 Å². The summed E-state index contributed by atoms with van der Waals surface area (Å²) in [6.07, 6.45) is 2.77. The number of carbonyl (C=O) groups is 2. The molecule has 4 rings (SSSR count). The highest BCUT2D eigenvalue weighted by Crippen LogP contribution is 2.30. The summed E-state index contributed by atoms with van der Waals surface area (Å²) in [5.41, 5.74) is 7.98. The number of piperazine rings is 1. The van der Waals surface area contributed by atoms with Crippen molar-refractivity contribution >= 4 is 46.1 Å². The van der Waals surface area contributed by atoms with Crippen molar-refractivity contribution in [2.24, 2.45) is 5.73 Å². The molecule has 5 N–H and O–H groups in total. The summed E-state index contributed by atoms with van der Waals surface area (Å²) >= 11 is 0. The van der Waals surface area contributed by atoms with Crippen LogP contribution in [0.1, 0.15) is 13.8 Å². The molecule has 32 heavy (non-hydrogen) atoms. The van der Waals surface area contributed by atoms with Crippen molar-refractivity contribution in [1.82, 2.24) is 9.97 Å². The molecule has 1 unspecified atom stereocenters. The van der Waals surface area contributed by atoms with Crippen molar-refractivity contribution in [1.29, 1.82) is 0 Å². The van der Waals surface area contributed by atoms with Crippen LogP contribution in [-0.4, -0.2) is 60.4 Å². The highest BCUT2D eigenvalue weighted by Gasteiger charge is 2.29. The summed E-state index contributed by atoms with van der Waals surface area (Å²) in [4.78, 5) is 35.8. The molecule has 1 amide bonds. The minimum Gasteiger partial charge on any atom is -0.380 e. The zero-order valence-corrected chi connectivity index (χ0v) is 18.3. The van der Waals surface area contributed by atoms with Crippen LogP contribution < -0.4 is 26.2 Å². The second-order valence-corrected chi connectivity index (χ2v) is 8.23. The molecule has 1 aromatic carbocycles. The maximum absolute atomic E-state index is 12.0. The SMILES string of the molecule is CC(C)Nc1cccnc1N1CCN(c2cc3cc(NC(=O)CN)ccc3[nH]2)C(C=O)C1. The fraction of sp³-hybridized carbons (Fsp3) is 0.348. The molecule has 168 valence electrons. The van der Waals surface area contributed by atoms with Gasteiger partial charge in [0.25, 0.3) is 0 Å². The Balaban J connectivity index is 1.54. The van der Waals surface area contributed by atoms with Crippen LogP contribution in [0.3, 0.4) is 0 Å².